The van der Waals surface area contributed by atoms with E-state index in [-0.39, 0.29) is 24.1 Å². The van der Waals surface area contributed by atoms with Gasteiger partial charge in [0.05, 0.1) is 22.1 Å². The predicted octanol–water partition coefficient (Wildman–Crippen LogP) is 3.65. The molecular weight excluding hydrogens is 418 g/mol. The first-order valence-corrected chi connectivity index (χ1v) is 9.81. The van der Waals surface area contributed by atoms with Gasteiger partial charge in [0.2, 0.25) is 0 Å². The van der Waals surface area contributed by atoms with Crippen molar-refractivity contribution in [1.82, 2.24) is 20.0 Å². The van der Waals surface area contributed by atoms with Crippen LogP contribution in [0.25, 0.3) is 10.9 Å². The molecule has 0 radical (unpaired) electrons. The highest BCUT2D eigenvalue weighted by Crippen LogP contribution is 2.29. The molecule has 1 aromatic heterocycles. The molecular formula is C20H17Cl2FN4O2. The normalized spacial score (nSPS) is 15.1. The first-order valence-electron chi connectivity index (χ1n) is 9.06. The van der Waals surface area contributed by atoms with Crippen molar-refractivity contribution >= 4 is 45.8 Å². The number of Topliss-reactive ketones (excluding diaryl/α,β-unsaturated/α-hetero) is 1. The summed E-state index contributed by atoms with van der Waals surface area (Å²) in [5.74, 6) is -0.642. The van der Waals surface area contributed by atoms with Gasteiger partial charge in [-0.05, 0) is 36.4 Å². The van der Waals surface area contributed by atoms with E-state index in [0.717, 1.165) is 0 Å². The van der Waals surface area contributed by atoms with Gasteiger partial charge in [0.15, 0.2) is 11.5 Å². The van der Waals surface area contributed by atoms with E-state index in [2.05, 4.69) is 10.2 Å². The molecule has 0 atom stereocenters. The van der Waals surface area contributed by atoms with Crippen LogP contribution in [0.2, 0.25) is 10.0 Å². The molecule has 1 saturated heterocycles. The molecule has 29 heavy (non-hydrogen) atoms. The van der Waals surface area contributed by atoms with Crippen LogP contribution < -0.4 is 0 Å². The summed E-state index contributed by atoms with van der Waals surface area (Å²) < 4.78 is 13.0. The van der Waals surface area contributed by atoms with Crippen LogP contribution in [0.15, 0.2) is 36.4 Å². The Morgan fingerprint density at radius 1 is 1.03 bits per heavy atom. The molecule has 1 aliphatic rings. The van der Waals surface area contributed by atoms with E-state index in [1.807, 2.05) is 4.90 Å². The number of ketones is 1. The molecule has 9 heteroatoms. The summed E-state index contributed by atoms with van der Waals surface area (Å²) in [6, 6.07) is 8.79. The van der Waals surface area contributed by atoms with E-state index in [1.54, 1.807) is 17.0 Å². The van der Waals surface area contributed by atoms with Gasteiger partial charge in [-0.15, -0.1) is 0 Å². The van der Waals surface area contributed by atoms with Crippen molar-refractivity contribution in [3.05, 3.63) is 63.5 Å². The maximum absolute atomic E-state index is 13.0. The van der Waals surface area contributed by atoms with Crippen molar-refractivity contribution in [2.45, 2.75) is 0 Å². The summed E-state index contributed by atoms with van der Waals surface area (Å²) in [5, 5.41) is 8.32. The second-order valence-electron chi connectivity index (χ2n) is 6.88. The molecule has 0 bridgehead atoms. The smallest absolute Gasteiger partial charge is 0.275 e. The van der Waals surface area contributed by atoms with E-state index in [1.165, 1.54) is 24.3 Å². The fourth-order valence-electron chi connectivity index (χ4n) is 3.36. The summed E-state index contributed by atoms with van der Waals surface area (Å²) in [6.45, 7) is 2.31. The van der Waals surface area contributed by atoms with Crippen LogP contribution >= 0.6 is 23.2 Å². The Balaban J connectivity index is 1.39. The molecule has 2 heterocycles. The molecule has 1 amide bonds. The molecule has 0 unspecified atom stereocenters. The molecule has 0 saturated carbocycles. The van der Waals surface area contributed by atoms with E-state index in [4.69, 9.17) is 23.2 Å². The van der Waals surface area contributed by atoms with Gasteiger partial charge >= 0.3 is 0 Å². The first kappa shape index (κ1) is 19.8. The molecule has 1 N–H and O–H groups in total. The average molecular weight is 435 g/mol. The first-order chi connectivity index (χ1) is 13.9. The Hall–Kier alpha value is -2.48. The molecule has 6 nitrogen and oxygen atoms in total. The lowest BCUT2D eigenvalue weighted by atomic mass is 10.1. The fraction of sp³-hybridized carbons (Fsp3) is 0.250. The van der Waals surface area contributed by atoms with Crippen molar-refractivity contribution in [2.75, 3.05) is 32.7 Å². The number of nitrogens with one attached hydrogen (secondary N) is 1. The Bertz CT molecular complexity index is 1080. The van der Waals surface area contributed by atoms with Crippen molar-refractivity contribution in [1.29, 1.82) is 0 Å². The molecule has 1 fully saturated rings. The molecule has 4 rings (SSSR count). The third-order valence-electron chi connectivity index (χ3n) is 5.00. The maximum atomic E-state index is 13.0. The Morgan fingerprint density at radius 3 is 2.38 bits per heavy atom. The second kappa shape index (κ2) is 8.10. The number of hydrogen-bond donors (Lipinski definition) is 1. The molecule has 1 aliphatic heterocycles. The number of H-pyrrole nitrogens is 1. The Morgan fingerprint density at radius 2 is 1.69 bits per heavy atom. The van der Waals surface area contributed by atoms with Gasteiger partial charge in [-0.2, -0.15) is 5.10 Å². The number of nitrogens with zero attached hydrogens (tertiary/aromatic N) is 3. The standard InChI is InChI=1S/C20H17Cl2FN4O2/c21-15-9-14-17(10-16(15)22)24-25-19(14)20(29)27-7-5-26(6-8-27)11-18(28)12-1-3-13(23)4-2-12/h1-4,9-10H,5-8,11H2,(H,24,25). The monoisotopic (exact) mass is 434 g/mol. The number of fused-ring (bicyclic) bond motifs is 1. The molecule has 2 aromatic carbocycles. The number of carbonyl (C=O) groups excluding carboxylic acids is 2. The molecule has 3 aromatic rings. The predicted molar refractivity (Wildman–Crippen MR) is 109 cm³/mol. The van der Waals surface area contributed by atoms with Crippen molar-refractivity contribution in [2.24, 2.45) is 0 Å². The summed E-state index contributed by atoms with van der Waals surface area (Å²) in [4.78, 5) is 28.9. The largest absolute Gasteiger partial charge is 0.335 e. The molecule has 0 aliphatic carbocycles. The Kier molecular flexibility index (Phi) is 5.54. The molecule has 150 valence electrons. The minimum absolute atomic E-state index is 0.0745. The van der Waals surface area contributed by atoms with E-state index in [0.29, 0.717) is 58.4 Å². The lowest BCUT2D eigenvalue weighted by Gasteiger charge is -2.34. The quantitative estimate of drug-likeness (QED) is 0.636. The van der Waals surface area contributed by atoms with Crippen molar-refractivity contribution in [3.63, 3.8) is 0 Å². The number of rotatable bonds is 4. The lowest BCUT2D eigenvalue weighted by Crippen LogP contribution is -2.50. The van der Waals surface area contributed by atoms with Crippen molar-refractivity contribution < 1.29 is 14.0 Å². The molecule has 0 spiro atoms. The topological polar surface area (TPSA) is 69.3 Å². The van der Waals surface area contributed by atoms with Crippen molar-refractivity contribution in [3.8, 4) is 0 Å². The Labute approximate surface area is 176 Å². The number of aromatic nitrogens is 2. The third-order valence-corrected chi connectivity index (χ3v) is 5.72. The summed E-state index contributed by atoms with van der Waals surface area (Å²) in [6.07, 6.45) is 0. The van der Waals surface area contributed by atoms with Gasteiger partial charge < -0.3 is 4.90 Å². The summed E-state index contributed by atoms with van der Waals surface area (Å²) in [7, 11) is 0. The van der Waals surface area contributed by atoms with E-state index in [9.17, 15) is 14.0 Å². The number of benzene rings is 2. The van der Waals surface area contributed by atoms with Crippen LogP contribution in [0, 0.1) is 5.82 Å². The van der Waals surface area contributed by atoms with Gasteiger partial charge in [-0.1, -0.05) is 23.2 Å². The van der Waals surface area contributed by atoms with Crippen LogP contribution in [0.4, 0.5) is 4.39 Å². The van der Waals surface area contributed by atoms with Crippen LogP contribution in [0.1, 0.15) is 20.8 Å². The van der Waals surface area contributed by atoms with Crippen LogP contribution in [-0.2, 0) is 0 Å². The third kappa shape index (κ3) is 4.12. The lowest BCUT2D eigenvalue weighted by molar-refractivity contribution is 0.0621. The minimum Gasteiger partial charge on any atom is -0.335 e. The fourth-order valence-corrected chi connectivity index (χ4v) is 3.69. The number of hydrogen-bond acceptors (Lipinski definition) is 4. The number of carbonyl (C=O) groups is 2. The number of amides is 1. The van der Waals surface area contributed by atoms with E-state index < -0.39 is 0 Å². The number of aromatic amines is 1. The number of halogens is 3. The van der Waals surface area contributed by atoms with Gasteiger partial charge in [-0.3, -0.25) is 19.6 Å². The summed E-state index contributed by atoms with van der Waals surface area (Å²) >= 11 is 12.1. The van der Waals surface area contributed by atoms with Gasteiger partial charge in [0.1, 0.15) is 5.82 Å². The second-order valence-corrected chi connectivity index (χ2v) is 7.70. The van der Waals surface area contributed by atoms with Gasteiger partial charge in [0.25, 0.3) is 5.91 Å². The SMILES string of the molecule is O=C(CN1CCN(C(=O)c2n[nH]c3cc(Cl)c(Cl)cc23)CC1)c1ccc(F)cc1. The summed E-state index contributed by atoms with van der Waals surface area (Å²) in [5.41, 5.74) is 1.42. The maximum Gasteiger partial charge on any atom is 0.275 e. The highest BCUT2D eigenvalue weighted by atomic mass is 35.5. The van der Waals surface area contributed by atoms with Gasteiger partial charge in [-0.25, -0.2) is 4.39 Å². The van der Waals surface area contributed by atoms with E-state index >= 15 is 0 Å². The van der Waals surface area contributed by atoms with Gasteiger partial charge in [0, 0.05) is 37.1 Å². The zero-order valence-electron chi connectivity index (χ0n) is 15.3. The van der Waals surface area contributed by atoms with Crippen LogP contribution in [0.5, 0.6) is 0 Å². The zero-order chi connectivity index (χ0) is 20.5. The van der Waals surface area contributed by atoms with Crippen LogP contribution in [0.3, 0.4) is 0 Å². The highest BCUT2D eigenvalue weighted by molar-refractivity contribution is 6.42. The minimum atomic E-state index is -0.372. The van der Waals surface area contributed by atoms with Crippen LogP contribution in [-0.4, -0.2) is 64.4 Å². The average Bonchev–Trinajstić information content (AvgIpc) is 3.11. The zero-order valence-corrected chi connectivity index (χ0v) is 16.8. The highest BCUT2D eigenvalue weighted by Gasteiger charge is 2.26. The number of piperazine rings is 1.